The van der Waals surface area contributed by atoms with Crippen molar-refractivity contribution in [3.8, 4) is 0 Å². The first-order valence-electron chi connectivity index (χ1n) is 8.25. The number of nitrogens with zero attached hydrogens (tertiary/aromatic N) is 4. The summed E-state index contributed by atoms with van der Waals surface area (Å²) in [7, 11) is 0. The van der Waals surface area contributed by atoms with Gasteiger partial charge in [-0.3, -0.25) is 9.89 Å². The van der Waals surface area contributed by atoms with E-state index in [1.165, 1.54) is 0 Å². The van der Waals surface area contributed by atoms with Gasteiger partial charge in [0.1, 0.15) is 0 Å². The number of hydrogen-bond donors (Lipinski definition) is 1. The monoisotopic (exact) mass is 333 g/mol. The second kappa shape index (κ2) is 7.12. The van der Waals surface area contributed by atoms with Crippen molar-refractivity contribution in [2.24, 2.45) is 0 Å². The smallest absolute Gasteiger partial charge is 0.223 e. The number of carbonyl (C=O) groups excluding carboxylic acids is 1. The molecule has 0 bridgehead atoms. The van der Waals surface area contributed by atoms with E-state index in [1.54, 1.807) is 6.20 Å². The van der Waals surface area contributed by atoms with E-state index >= 15 is 0 Å². The predicted octanol–water partition coefficient (Wildman–Crippen LogP) is 1.76. The minimum atomic E-state index is -0.123. The van der Waals surface area contributed by atoms with Crippen LogP contribution in [0.2, 0.25) is 0 Å². The van der Waals surface area contributed by atoms with Crippen molar-refractivity contribution >= 4 is 5.91 Å². The minimum absolute atomic E-state index is 0.0570. The number of amides is 1. The maximum absolute atomic E-state index is 12.7. The van der Waals surface area contributed by atoms with E-state index in [-0.39, 0.29) is 17.9 Å². The molecule has 3 heterocycles. The van der Waals surface area contributed by atoms with Crippen LogP contribution in [0.5, 0.6) is 0 Å². The lowest BCUT2D eigenvalue weighted by atomic mass is 10.1. The molecule has 0 saturated carbocycles. The molecule has 2 aromatic heterocycles. The van der Waals surface area contributed by atoms with Crippen LogP contribution < -0.4 is 0 Å². The second-order valence-corrected chi connectivity index (χ2v) is 6.33. The number of carbonyl (C=O) groups is 1. The molecule has 1 aliphatic rings. The van der Waals surface area contributed by atoms with E-state index in [2.05, 4.69) is 20.4 Å². The summed E-state index contributed by atoms with van der Waals surface area (Å²) < 4.78 is 11.1. The molecular weight excluding hydrogens is 310 g/mol. The van der Waals surface area contributed by atoms with E-state index < -0.39 is 0 Å². The van der Waals surface area contributed by atoms with Gasteiger partial charge in [-0.25, -0.2) is 0 Å². The highest BCUT2D eigenvalue weighted by molar-refractivity contribution is 5.77. The Morgan fingerprint density at radius 2 is 2.29 bits per heavy atom. The van der Waals surface area contributed by atoms with E-state index in [0.717, 1.165) is 11.3 Å². The lowest BCUT2D eigenvalue weighted by Gasteiger charge is -2.35. The standard InChI is InChI=1S/C16H23N5O3/c1-10(2)16-20-18-13(24-16)4-5-14(22)21-6-7-23-9-12(21)15-11(3)8-17-19-15/h8,10,12H,4-7,9H2,1-3H3,(H,17,19)/t12-/m1/s1. The number of ether oxygens (including phenoxy) is 1. The summed E-state index contributed by atoms with van der Waals surface area (Å²) in [6.07, 6.45) is 2.55. The fourth-order valence-electron chi connectivity index (χ4n) is 2.79. The van der Waals surface area contributed by atoms with Crippen molar-refractivity contribution in [2.75, 3.05) is 19.8 Å². The summed E-state index contributed by atoms with van der Waals surface area (Å²) in [4.78, 5) is 14.5. The van der Waals surface area contributed by atoms with Gasteiger partial charge in [-0.1, -0.05) is 13.8 Å². The highest BCUT2D eigenvalue weighted by atomic mass is 16.5. The first kappa shape index (κ1) is 16.6. The Kier molecular flexibility index (Phi) is 4.94. The maximum atomic E-state index is 12.7. The zero-order valence-electron chi connectivity index (χ0n) is 14.3. The van der Waals surface area contributed by atoms with Crippen molar-refractivity contribution in [3.05, 3.63) is 29.2 Å². The fourth-order valence-corrected chi connectivity index (χ4v) is 2.79. The van der Waals surface area contributed by atoms with Crippen LogP contribution in [0, 0.1) is 6.92 Å². The number of aromatic nitrogens is 4. The highest BCUT2D eigenvalue weighted by Crippen LogP contribution is 2.26. The van der Waals surface area contributed by atoms with E-state index in [0.29, 0.717) is 44.4 Å². The summed E-state index contributed by atoms with van der Waals surface area (Å²) >= 11 is 0. The van der Waals surface area contributed by atoms with Crippen molar-refractivity contribution in [2.45, 2.75) is 45.6 Å². The SMILES string of the molecule is Cc1cn[nH]c1[C@H]1COCCN1C(=O)CCc1nnc(C(C)C)o1. The van der Waals surface area contributed by atoms with Gasteiger partial charge in [-0.05, 0) is 12.5 Å². The molecule has 1 N–H and O–H groups in total. The third-order valence-electron chi connectivity index (χ3n) is 4.18. The van der Waals surface area contributed by atoms with Gasteiger partial charge in [0.05, 0.1) is 31.1 Å². The van der Waals surface area contributed by atoms with Crippen LogP contribution >= 0.6 is 0 Å². The van der Waals surface area contributed by atoms with Crippen molar-refractivity contribution in [3.63, 3.8) is 0 Å². The molecule has 3 rings (SSSR count). The molecule has 1 atom stereocenters. The first-order valence-corrected chi connectivity index (χ1v) is 8.25. The minimum Gasteiger partial charge on any atom is -0.425 e. The van der Waals surface area contributed by atoms with Gasteiger partial charge in [-0.2, -0.15) is 5.10 Å². The van der Waals surface area contributed by atoms with Crippen molar-refractivity contribution < 1.29 is 13.9 Å². The first-order chi connectivity index (χ1) is 11.6. The normalized spacial score (nSPS) is 18.3. The summed E-state index contributed by atoms with van der Waals surface area (Å²) in [5, 5.41) is 15.0. The maximum Gasteiger partial charge on any atom is 0.223 e. The molecular formula is C16H23N5O3. The molecule has 1 amide bonds. The van der Waals surface area contributed by atoms with Crippen LogP contribution in [0.1, 0.15) is 55.3 Å². The van der Waals surface area contributed by atoms with Crippen LogP contribution in [0.4, 0.5) is 0 Å². The van der Waals surface area contributed by atoms with Crippen LogP contribution in [0.25, 0.3) is 0 Å². The lowest BCUT2D eigenvalue weighted by Crippen LogP contribution is -2.43. The molecule has 24 heavy (non-hydrogen) atoms. The molecule has 2 aromatic rings. The van der Waals surface area contributed by atoms with Gasteiger partial charge in [-0.15, -0.1) is 10.2 Å². The molecule has 8 heteroatoms. The van der Waals surface area contributed by atoms with Gasteiger partial charge in [0, 0.05) is 25.3 Å². The van der Waals surface area contributed by atoms with Crippen LogP contribution in [-0.2, 0) is 16.0 Å². The molecule has 1 aliphatic heterocycles. The zero-order valence-corrected chi connectivity index (χ0v) is 14.3. The third-order valence-corrected chi connectivity index (χ3v) is 4.18. The third kappa shape index (κ3) is 3.48. The van der Waals surface area contributed by atoms with Crippen molar-refractivity contribution in [1.29, 1.82) is 0 Å². The number of aromatic amines is 1. The Morgan fingerprint density at radius 1 is 1.46 bits per heavy atom. The predicted molar refractivity (Wildman–Crippen MR) is 85.3 cm³/mol. The van der Waals surface area contributed by atoms with E-state index in [4.69, 9.17) is 9.15 Å². The molecule has 0 spiro atoms. The molecule has 0 radical (unpaired) electrons. The Bertz CT molecular complexity index is 693. The fraction of sp³-hybridized carbons (Fsp3) is 0.625. The molecule has 1 fully saturated rings. The van der Waals surface area contributed by atoms with Gasteiger partial charge < -0.3 is 14.1 Å². The van der Waals surface area contributed by atoms with Gasteiger partial charge in [0.15, 0.2) is 0 Å². The topological polar surface area (TPSA) is 97.1 Å². The molecule has 130 valence electrons. The van der Waals surface area contributed by atoms with Crippen LogP contribution in [0.3, 0.4) is 0 Å². The number of H-pyrrole nitrogens is 1. The Hall–Kier alpha value is -2.22. The van der Waals surface area contributed by atoms with Crippen molar-refractivity contribution in [1.82, 2.24) is 25.3 Å². The molecule has 8 nitrogen and oxygen atoms in total. The van der Waals surface area contributed by atoms with Gasteiger partial charge in [0.2, 0.25) is 17.7 Å². The zero-order chi connectivity index (χ0) is 17.1. The summed E-state index contributed by atoms with van der Waals surface area (Å²) in [5.41, 5.74) is 1.96. The van der Waals surface area contributed by atoms with E-state index in [9.17, 15) is 4.79 Å². The lowest BCUT2D eigenvalue weighted by molar-refractivity contribution is -0.140. The molecule has 0 aromatic carbocycles. The number of aryl methyl sites for hydroxylation is 2. The second-order valence-electron chi connectivity index (χ2n) is 6.33. The van der Waals surface area contributed by atoms with Gasteiger partial charge in [0.25, 0.3) is 0 Å². The summed E-state index contributed by atoms with van der Waals surface area (Å²) in [6.45, 7) is 7.56. The molecule has 1 saturated heterocycles. The Balaban J connectivity index is 1.64. The van der Waals surface area contributed by atoms with Crippen LogP contribution in [0.15, 0.2) is 10.6 Å². The number of nitrogens with one attached hydrogen (secondary N) is 1. The van der Waals surface area contributed by atoms with Gasteiger partial charge >= 0.3 is 0 Å². The average Bonchev–Trinajstić information content (AvgIpc) is 3.21. The summed E-state index contributed by atoms with van der Waals surface area (Å²) in [5.74, 6) is 1.36. The summed E-state index contributed by atoms with van der Waals surface area (Å²) in [6, 6.07) is -0.123. The Morgan fingerprint density at radius 3 is 2.96 bits per heavy atom. The quantitative estimate of drug-likeness (QED) is 0.895. The number of rotatable bonds is 5. The number of morpholine rings is 1. The number of hydrogen-bond acceptors (Lipinski definition) is 6. The van der Waals surface area contributed by atoms with Crippen LogP contribution in [-0.4, -0.2) is 51.0 Å². The highest BCUT2D eigenvalue weighted by Gasteiger charge is 2.30. The van der Waals surface area contributed by atoms with E-state index in [1.807, 2.05) is 25.7 Å². The largest absolute Gasteiger partial charge is 0.425 e. The Labute approximate surface area is 140 Å². The molecule has 0 aliphatic carbocycles. The average molecular weight is 333 g/mol. The molecule has 0 unspecified atom stereocenters.